The lowest BCUT2D eigenvalue weighted by molar-refractivity contribution is 0.493. The number of hydrogen-bond acceptors (Lipinski definition) is 1. The average Bonchev–Trinajstić information content (AvgIpc) is 2.93. The molecular formula is C17H14ClFN2. The van der Waals surface area contributed by atoms with Crippen LogP contribution in [0.5, 0.6) is 0 Å². The molecule has 0 bridgehead atoms. The summed E-state index contributed by atoms with van der Waals surface area (Å²) >= 11 is 5.90. The van der Waals surface area contributed by atoms with Crippen molar-refractivity contribution in [3.8, 4) is 22.6 Å². The molecule has 0 fully saturated rings. The molecule has 1 N–H and O–H groups in total. The second-order valence-electron chi connectivity index (χ2n) is 4.72. The van der Waals surface area contributed by atoms with E-state index in [1.807, 2.05) is 54.6 Å². The van der Waals surface area contributed by atoms with Crippen LogP contribution in [0.4, 0.5) is 4.39 Å². The summed E-state index contributed by atoms with van der Waals surface area (Å²) in [6.45, 7) is -0.415. The topological polar surface area (TPSA) is 28.7 Å². The molecular weight excluding hydrogens is 287 g/mol. The van der Waals surface area contributed by atoms with E-state index in [-0.39, 0.29) is 0 Å². The lowest BCUT2D eigenvalue weighted by Crippen LogP contribution is -1.90. The van der Waals surface area contributed by atoms with Crippen molar-refractivity contribution in [2.24, 2.45) is 0 Å². The minimum Gasteiger partial charge on any atom is -0.341 e. The number of nitrogens with zero attached hydrogens (tertiary/aromatic N) is 1. The van der Waals surface area contributed by atoms with Crippen LogP contribution in [0.15, 0.2) is 54.6 Å². The van der Waals surface area contributed by atoms with Crippen molar-refractivity contribution in [2.75, 3.05) is 6.67 Å². The summed E-state index contributed by atoms with van der Waals surface area (Å²) in [7, 11) is 0. The molecule has 0 atom stereocenters. The number of imidazole rings is 1. The number of aromatic nitrogens is 2. The number of nitrogens with one attached hydrogen (secondary N) is 1. The maximum absolute atomic E-state index is 12.8. The molecule has 4 heteroatoms. The summed E-state index contributed by atoms with van der Waals surface area (Å²) in [6.07, 6.45) is 0.324. The second-order valence-corrected chi connectivity index (χ2v) is 5.16. The van der Waals surface area contributed by atoms with E-state index in [1.54, 1.807) is 0 Å². The molecule has 0 radical (unpaired) electrons. The van der Waals surface area contributed by atoms with E-state index in [1.165, 1.54) is 0 Å². The Morgan fingerprint density at radius 2 is 1.67 bits per heavy atom. The molecule has 0 spiro atoms. The van der Waals surface area contributed by atoms with E-state index in [0.717, 1.165) is 28.3 Å². The van der Waals surface area contributed by atoms with Gasteiger partial charge in [-0.15, -0.1) is 0 Å². The lowest BCUT2D eigenvalue weighted by atomic mass is 10.1. The second kappa shape index (κ2) is 6.10. The molecule has 2 nitrogen and oxygen atoms in total. The first-order valence-corrected chi connectivity index (χ1v) is 7.12. The van der Waals surface area contributed by atoms with E-state index in [4.69, 9.17) is 11.6 Å². The van der Waals surface area contributed by atoms with Crippen molar-refractivity contribution in [2.45, 2.75) is 6.42 Å². The van der Waals surface area contributed by atoms with Gasteiger partial charge in [0.1, 0.15) is 5.82 Å². The monoisotopic (exact) mass is 300 g/mol. The van der Waals surface area contributed by atoms with Gasteiger partial charge in [-0.1, -0.05) is 41.9 Å². The summed E-state index contributed by atoms with van der Waals surface area (Å²) in [5, 5.41) is 0.678. The normalized spacial score (nSPS) is 10.8. The predicted molar refractivity (Wildman–Crippen MR) is 84.1 cm³/mol. The Morgan fingerprint density at radius 1 is 0.952 bits per heavy atom. The van der Waals surface area contributed by atoms with Gasteiger partial charge in [0, 0.05) is 28.3 Å². The molecule has 106 valence electrons. The van der Waals surface area contributed by atoms with Crippen LogP contribution in [0.3, 0.4) is 0 Å². The number of hydrogen-bond donors (Lipinski definition) is 1. The Labute approximate surface area is 127 Å². The molecule has 2 aromatic carbocycles. The first-order chi connectivity index (χ1) is 10.3. The predicted octanol–water partition coefficient (Wildman–Crippen LogP) is 4.91. The number of H-pyrrole nitrogens is 1. The number of rotatable bonds is 4. The molecule has 0 saturated heterocycles. The van der Waals surface area contributed by atoms with Crippen LogP contribution in [-0.2, 0) is 6.42 Å². The Bertz CT molecular complexity index is 720. The average molecular weight is 301 g/mol. The summed E-state index contributed by atoms with van der Waals surface area (Å²) in [4.78, 5) is 7.86. The van der Waals surface area contributed by atoms with Gasteiger partial charge in [0.2, 0.25) is 0 Å². The summed E-state index contributed by atoms with van der Waals surface area (Å²) in [5.41, 5.74) is 3.53. The van der Waals surface area contributed by atoms with Crippen LogP contribution in [-0.4, -0.2) is 16.6 Å². The van der Waals surface area contributed by atoms with Gasteiger partial charge in [-0.2, -0.15) is 0 Å². The van der Waals surface area contributed by atoms with Crippen LogP contribution >= 0.6 is 11.6 Å². The minimum absolute atomic E-state index is 0.324. The largest absolute Gasteiger partial charge is 0.341 e. The van der Waals surface area contributed by atoms with E-state index in [9.17, 15) is 4.39 Å². The van der Waals surface area contributed by atoms with Gasteiger partial charge in [-0.25, -0.2) is 4.98 Å². The zero-order chi connectivity index (χ0) is 14.7. The zero-order valence-electron chi connectivity index (χ0n) is 11.3. The van der Waals surface area contributed by atoms with Crippen molar-refractivity contribution < 1.29 is 4.39 Å². The number of alkyl halides is 1. The van der Waals surface area contributed by atoms with Gasteiger partial charge < -0.3 is 4.98 Å². The van der Waals surface area contributed by atoms with Gasteiger partial charge in [0.15, 0.2) is 0 Å². The highest BCUT2D eigenvalue weighted by atomic mass is 35.5. The van der Waals surface area contributed by atoms with Crippen LogP contribution < -0.4 is 0 Å². The van der Waals surface area contributed by atoms with Gasteiger partial charge >= 0.3 is 0 Å². The highest BCUT2D eigenvalue weighted by Crippen LogP contribution is 2.27. The van der Waals surface area contributed by atoms with Gasteiger partial charge in [0.05, 0.1) is 12.4 Å². The smallest absolute Gasteiger partial charge is 0.138 e. The lowest BCUT2D eigenvalue weighted by Gasteiger charge is -1.99. The number of aromatic amines is 1. The SMILES string of the molecule is FCCc1[nH]c(-c2ccc(Cl)cc2)nc1-c1ccccc1. The highest BCUT2D eigenvalue weighted by Gasteiger charge is 2.13. The fraction of sp³-hybridized carbons (Fsp3) is 0.118. The molecule has 0 saturated carbocycles. The Hall–Kier alpha value is -2.13. The molecule has 3 aromatic rings. The van der Waals surface area contributed by atoms with E-state index >= 15 is 0 Å². The van der Waals surface area contributed by atoms with Crippen LogP contribution in [0.2, 0.25) is 5.02 Å². The first kappa shape index (κ1) is 13.8. The third-order valence-corrected chi connectivity index (χ3v) is 3.54. The summed E-state index contributed by atoms with van der Waals surface area (Å²) < 4.78 is 12.8. The third-order valence-electron chi connectivity index (χ3n) is 3.29. The summed E-state index contributed by atoms with van der Waals surface area (Å²) in [5.74, 6) is 0.731. The fourth-order valence-corrected chi connectivity index (χ4v) is 2.39. The third kappa shape index (κ3) is 2.98. The molecule has 3 rings (SSSR count). The van der Waals surface area contributed by atoms with E-state index in [0.29, 0.717) is 11.4 Å². The van der Waals surface area contributed by atoms with Crippen LogP contribution in [0.25, 0.3) is 22.6 Å². The van der Waals surface area contributed by atoms with Crippen LogP contribution in [0, 0.1) is 0 Å². The maximum atomic E-state index is 12.8. The van der Waals surface area contributed by atoms with Crippen LogP contribution in [0.1, 0.15) is 5.69 Å². The molecule has 0 aliphatic carbocycles. The first-order valence-electron chi connectivity index (χ1n) is 6.74. The van der Waals surface area contributed by atoms with Crippen molar-refractivity contribution in [3.63, 3.8) is 0 Å². The molecule has 21 heavy (non-hydrogen) atoms. The molecule has 0 amide bonds. The Morgan fingerprint density at radius 3 is 2.33 bits per heavy atom. The standard InChI is InChI=1S/C17H14ClFN2/c18-14-8-6-13(7-9-14)17-20-15(10-11-19)16(21-17)12-4-2-1-3-5-12/h1-9H,10-11H2,(H,20,21). The van der Waals surface area contributed by atoms with Gasteiger partial charge in [-0.3, -0.25) is 4.39 Å². The molecule has 0 aliphatic rings. The number of benzene rings is 2. The molecule has 1 heterocycles. The number of aryl methyl sites for hydroxylation is 1. The fourth-order valence-electron chi connectivity index (χ4n) is 2.26. The van der Waals surface area contributed by atoms with Crippen molar-refractivity contribution in [3.05, 3.63) is 65.3 Å². The highest BCUT2D eigenvalue weighted by molar-refractivity contribution is 6.30. The van der Waals surface area contributed by atoms with E-state index < -0.39 is 6.67 Å². The quantitative estimate of drug-likeness (QED) is 0.728. The Kier molecular flexibility index (Phi) is 4.02. The maximum Gasteiger partial charge on any atom is 0.138 e. The molecule has 0 unspecified atom stereocenters. The Balaban J connectivity index is 2.06. The van der Waals surface area contributed by atoms with E-state index in [2.05, 4.69) is 9.97 Å². The zero-order valence-corrected chi connectivity index (χ0v) is 12.1. The minimum atomic E-state index is -0.415. The summed E-state index contributed by atoms with van der Waals surface area (Å²) in [6, 6.07) is 17.2. The van der Waals surface area contributed by atoms with Crippen molar-refractivity contribution in [1.82, 2.24) is 9.97 Å². The van der Waals surface area contributed by atoms with Gasteiger partial charge in [0.25, 0.3) is 0 Å². The van der Waals surface area contributed by atoms with Crippen molar-refractivity contribution >= 4 is 11.6 Å². The van der Waals surface area contributed by atoms with Gasteiger partial charge in [-0.05, 0) is 24.3 Å². The molecule has 1 aromatic heterocycles. The van der Waals surface area contributed by atoms with Crippen molar-refractivity contribution in [1.29, 1.82) is 0 Å². The number of halogens is 2. The molecule has 0 aliphatic heterocycles.